The van der Waals surface area contributed by atoms with Crippen LogP contribution in [0.3, 0.4) is 0 Å². The summed E-state index contributed by atoms with van der Waals surface area (Å²) in [6.45, 7) is 0.880. The van der Waals surface area contributed by atoms with Crippen LogP contribution in [0, 0.1) is 5.82 Å². The summed E-state index contributed by atoms with van der Waals surface area (Å²) in [6.07, 6.45) is 1.88. The number of amides is 1. The predicted octanol–water partition coefficient (Wildman–Crippen LogP) is 3.61. The summed E-state index contributed by atoms with van der Waals surface area (Å²) in [5.74, 6) is -0.444. The van der Waals surface area contributed by atoms with Crippen molar-refractivity contribution in [1.82, 2.24) is 5.32 Å². The molecule has 0 unspecified atom stereocenters. The van der Waals surface area contributed by atoms with Crippen LogP contribution in [0.4, 0.5) is 15.8 Å². The van der Waals surface area contributed by atoms with Crippen LogP contribution < -0.4 is 15.0 Å². The van der Waals surface area contributed by atoms with Gasteiger partial charge in [0.25, 0.3) is 5.91 Å². The lowest BCUT2D eigenvalue weighted by Gasteiger charge is -2.18. The van der Waals surface area contributed by atoms with E-state index in [2.05, 4.69) is 5.32 Å². The number of ether oxygens (including phenoxy) is 1. The molecule has 24 heavy (non-hydrogen) atoms. The molecule has 4 nitrogen and oxygen atoms in total. The highest BCUT2D eigenvalue weighted by atomic mass is 19.1. The first kappa shape index (κ1) is 14.8. The van der Waals surface area contributed by atoms with Crippen molar-refractivity contribution >= 4 is 22.9 Å². The number of fused-ring (bicyclic) bond motifs is 1. The quantitative estimate of drug-likeness (QED) is 0.858. The van der Waals surface area contributed by atoms with E-state index >= 15 is 0 Å². The Bertz CT molecular complexity index is 852. The smallest absolute Gasteiger partial charge is 0.265 e. The van der Waals surface area contributed by atoms with Crippen LogP contribution in [0.25, 0.3) is 5.57 Å². The lowest BCUT2D eigenvalue weighted by molar-refractivity contribution is -0.112. The molecule has 2 aliphatic heterocycles. The van der Waals surface area contributed by atoms with Crippen molar-refractivity contribution in [3.8, 4) is 5.75 Å². The largest absolute Gasteiger partial charge is 0.494 e. The van der Waals surface area contributed by atoms with E-state index in [0.717, 1.165) is 36.3 Å². The standard InChI is InChI=1S/C19H17FN2O2/c1-24-17-9-8-12(11-14(17)20)22-16-7-3-2-5-13(16)18(19(22)23)15-6-4-10-21-15/h2-3,5,7-9,11,21H,4,6,10H2,1H3/b18-15+. The van der Waals surface area contributed by atoms with Crippen LogP contribution in [0.15, 0.2) is 48.2 Å². The Labute approximate surface area is 139 Å². The first-order chi connectivity index (χ1) is 11.7. The van der Waals surface area contributed by atoms with Crippen LogP contribution in [0.2, 0.25) is 0 Å². The number of methoxy groups -OCH3 is 1. The molecule has 0 saturated carbocycles. The van der Waals surface area contributed by atoms with Gasteiger partial charge in [0, 0.05) is 23.9 Å². The van der Waals surface area contributed by atoms with Gasteiger partial charge in [-0.15, -0.1) is 0 Å². The number of carbonyl (C=O) groups excluding carboxylic acids is 1. The molecule has 0 aromatic heterocycles. The average Bonchev–Trinajstić information content (AvgIpc) is 3.20. The Morgan fingerprint density at radius 1 is 1.21 bits per heavy atom. The van der Waals surface area contributed by atoms with Crippen molar-refractivity contribution in [2.24, 2.45) is 0 Å². The SMILES string of the molecule is COc1ccc(N2C(=O)/C(=C3\CCCN3)c3ccccc32)cc1F. The maximum absolute atomic E-state index is 14.1. The summed E-state index contributed by atoms with van der Waals surface area (Å²) in [6, 6.07) is 12.2. The Morgan fingerprint density at radius 3 is 2.75 bits per heavy atom. The van der Waals surface area contributed by atoms with Crippen molar-refractivity contribution in [2.75, 3.05) is 18.6 Å². The number of carbonyl (C=O) groups is 1. The van der Waals surface area contributed by atoms with E-state index in [1.54, 1.807) is 17.0 Å². The number of hydrogen-bond donors (Lipinski definition) is 1. The summed E-state index contributed by atoms with van der Waals surface area (Å²) in [4.78, 5) is 14.7. The highest BCUT2D eigenvalue weighted by molar-refractivity contribution is 6.35. The van der Waals surface area contributed by atoms with E-state index in [0.29, 0.717) is 11.3 Å². The predicted molar refractivity (Wildman–Crippen MR) is 90.7 cm³/mol. The molecule has 122 valence electrons. The van der Waals surface area contributed by atoms with Gasteiger partial charge in [0.05, 0.1) is 24.1 Å². The molecule has 4 rings (SSSR count). The van der Waals surface area contributed by atoms with Crippen molar-refractivity contribution in [3.05, 3.63) is 59.5 Å². The number of halogens is 1. The Kier molecular flexibility index (Phi) is 3.49. The van der Waals surface area contributed by atoms with Gasteiger partial charge < -0.3 is 10.1 Å². The highest BCUT2D eigenvalue weighted by Crippen LogP contribution is 2.43. The number of para-hydroxylation sites is 1. The fourth-order valence-corrected chi connectivity index (χ4v) is 3.37. The monoisotopic (exact) mass is 324 g/mol. The first-order valence-corrected chi connectivity index (χ1v) is 7.95. The number of nitrogens with zero attached hydrogens (tertiary/aromatic N) is 1. The Hall–Kier alpha value is -2.82. The summed E-state index contributed by atoms with van der Waals surface area (Å²) < 4.78 is 19.1. The van der Waals surface area contributed by atoms with E-state index < -0.39 is 5.82 Å². The van der Waals surface area contributed by atoms with Crippen molar-refractivity contribution in [1.29, 1.82) is 0 Å². The van der Waals surface area contributed by atoms with Gasteiger partial charge in [0.2, 0.25) is 0 Å². The molecule has 0 bridgehead atoms. The lowest BCUT2D eigenvalue weighted by atomic mass is 10.0. The molecule has 2 aromatic rings. The minimum atomic E-state index is -0.486. The summed E-state index contributed by atoms with van der Waals surface area (Å²) in [7, 11) is 1.42. The molecule has 5 heteroatoms. The topological polar surface area (TPSA) is 41.6 Å². The van der Waals surface area contributed by atoms with Gasteiger partial charge in [0.15, 0.2) is 11.6 Å². The van der Waals surface area contributed by atoms with E-state index in [4.69, 9.17) is 4.74 Å². The fourth-order valence-electron chi connectivity index (χ4n) is 3.37. The van der Waals surface area contributed by atoms with Crippen molar-refractivity contribution in [2.45, 2.75) is 12.8 Å². The number of allylic oxidation sites excluding steroid dienone is 1. The van der Waals surface area contributed by atoms with Gasteiger partial charge >= 0.3 is 0 Å². The maximum atomic E-state index is 14.1. The maximum Gasteiger partial charge on any atom is 0.265 e. The molecule has 0 spiro atoms. The average molecular weight is 324 g/mol. The zero-order chi connectivity index (χ0) is 16.7. The molecule has 2 heterocycles. The summed E-state index contributed by atoms with van der Waals surface area (Å²) in [5.41, 5.74) is 3.84. The number of anilines is 2. The molecular weight excluding hydrogens is 307 g/mol. The molecule has 2 aliphatic rings. The van der Waals surface area contributed by atoms with Gasteiger partial charge in [-0.1, -0.05) is 18.2 Å². The molecule has 1 fully saturated rings. The minimum absolute atomic E-state index is 0.120. The third-order valence-corrected chi connectivity index (χ3v) is 4.47. The molecule has 0 aliphatic carbocycles. The van der Waals surface area contributed by atoms with Crippen LogP contribution in [0.1, 0.15) is 18.4 Å². The molecule has 1 saturated heterocycles. The molecule has 1 N–H and O–H groups in total. The summed E-state index contributed by atoms with van der Waals surface area (Å²) in [5, 5.41) is 3.31. The lowest BCUT2D eigenvalue weighted by Crippen LogP contribution is -2.22. The van der Waals surface area contributed by atoms with E-state index in [-0.39, 0.29) is 11.7 Å². The second kappa shape index (κ2) is 5.67. The third-order valence-electron chi connectivity index (χ3n) is 4.47. The number of hydrogen-bond acceptors (Lipinski definition) is 3. The van der Waals surface area contributed by atoms with Gasteiger partial charge in [-0.25, -0.2) is 4.39 Å². The third kappa shape index (κ3) is 2.16. The minimum Gasteiger partial charge on any atom is -0.494 e. The summed E-state index contributed by atoms with van der Waals surface area (Å²) >= 11 is 0. The van der Waals surface area contributed by atoms with Crippen molar-refractivity contribution < 1.29 is 13.9 Å². The fraction of sp³-hybridized carbons (Fsp3) is 0.211. The highest BCUT2D eigenvalue weighted by Gasteiger charge is 2.36. The van der Waals surface area contributed by atoms with Crippen molar-refractivity contribution in [3.63, 3.8) is 0 Å². The zero-order valence-corrected chi connectivity index (χ0v) is 13.3. The van der Waals surface area contributed by atoms with Gasteiger partial charge in [-0.05, 0) is 31.0 Å². The van der Waals surface area contributed by atoms with E-state index in [9.17, 15) is 9.18 Å². The van der Waals surface area contributed by atoms with Gasteiger partial charge in [-0.2, -0.15) is 0 Å². The molecule has 0 atom stereocenters. The second-order valence-electron chi connectivity index (χ2n) is 5.86. The molecule has 1 amide bonds. The molecular formula is C19H17FN2O2. The number of rotatable bonds is 2. The number of nitrogens with one attached hydrogen (secondary N) is 1. The molecule has 2 aromatic carbocycles. The van der Waals surface area contributed by atoms with Gasteiger partial charge in [0.1, 0.15) is 0 Å². The Morgan fingerprint density at radius 2 is 2.04 bits per heavy atom. The van der Waals surface area contributed by atoms with E-state index in [1.807, 2.05) is 24.3 Å². The Balaban J connectivity index is 1.87. The van der Waals surface area contributed by atoms with Crippen LogP contribution in [-0.2, 0) is 4.79 Å². The van der Waals surface area contributed by atoms with Crippen LogP contribution >= 0.6 is 0 Å². The molecule has 0 radical (unpaired) electrons. The van der Waals surface area contributed by atoms with Crippen LogP contribution in [-0.4, -0.2) is 19.6 Å². The van der Waals surface area contributed by atoms with Crippen LogP contribution in [0.5, 0.6) is 5.75 Å². The normalized spacial score (nSPS) is 19.4. The first-order valence-electron chi connectivity index (χ1n) is 7.95. The second-order valence-corrected chi connectivity index (χ2v) is 5.86. The van der Waals surface area contributed by atoms with E-state index in [1.165, 1.54) is 13.2 Å². The number of benzene rings is 2. The zero-order valence-electron chi connectivity index (χ0n) is 13.3. The van der Waals surface area contributed by atoms with Gasteiger partial charge in [-0.3, -0.25) is 9.69 Å².